The van der Waals surface area contributed by atoms with Gasteiger partial charge in [0.05, 0.1) is 7.11 Å². The van der Waals surface area contributed by atoms with Crippen LogP contribution in [0.15, 0.2) is 60.7 Å². The van der Waals surface area contributed by atoms with E-state index in [-0.39, 0.29) is 6.61 Å². The lowest BCUT2D eigenvalue weighted by atomic mass is 10.0. The third-order valence-corrected chi connectivity index (χ3v) is 5.56. The molecule has 0 radical (unpaired) electrons. The van der Waals surface area contributed by atoms with Gasteiger partial charge >= 0.3 is 0 Å². The zero-order chi connectivity index (χ0) is 22.2. The summed E-state index contributed by atoms with van der Waals surface area (Å²) in [7, 11) is 3.63. The molecule has 0 saturated carbocycles. The van der Waals surface area contributed by atoms with Crippen LogP contribution in [-0.2, 0) is 13.1 Å². The van der Waals surface area contributed by atoms with Gasteiger partial charge in [-0.05, 0) is 54.9 Å². The molecule has 3 rings (SSSR count). The third kappa shape index (κ3) is 6.44. The van der Waals surface area contributed by atoms with Gasteiger partial charge in [-0.1, -0.05) is 48.5 Å². The molecule has 5 heteroatoms. The van der Waals surface area contributed by atoms with E-state index in [2.05, 4.69) is 66.5 Å². The van der Waals surface area contributed by atoms with Crippen LogP contribution in [-0.4, -0.2) is 49.5 Å². The lowest BCUT2D eigenvalue weighted by Crippen LogP contribution is -2.37. The van der Waals surface area contributed by atoms with Crippen molar-refractivity contribution in [3.8, 4) is 11.5 Å². The van der Waals surface area contributed by atoms with Gasteiger partial charge in [0.25, 0.3) is 0 Å². The number of aliphatic hydroxyl groups excluding tert-OH is 1. The van der Waals surface area contributed by atoms with Crippen LogP contribution in [0.5, 0.6) is 11.5 Å². The predicted octanol–water partition coefficient (Wildman–Crippen LogP) is 4.22. The van der Waals surface area contributed by atoms with Gasteiger partial charge in [0.2, 0.25) is 0 Å². The summed E-state index contributed by atoms with van der Waals surface area (Å²) < 4.78 is 11.3. The van der Waals surface area contributed by atoms with Crippen LogP contribution < -0.4 is 14.8 Å². The van der Waals surface area contributed by atoms with Crippen molar-refractivity contribution in [2.24, 2.45) is 0 Å². The van der Waals surface area contributed by atoms with Crippen molar-refractivity contribution in [2.45, 2.75) is 39.1 Å². The van der Waals surface area contributed by atoms with Crippen molar-refractivity contribution < 1.29 is 14.6 Å². The summed E-state index contributed by atoms with van der Waals surface area (Å²) >= 11 is 0. The summed E-state index contributed by atoms with van der Waals surface area (Å²) in [5.41, 5.74) is 2.38. The van der Waals surface area contributed by atoms with Crippen molar-refractivity contribution in [3.63, 3.8) is 0 Å². The molecule has 2 N–H and O–H groups in total. The maximum absolute atomic E-state index is 10.3. The van der Waals surface area contributed by atoms with Gasteiger partial charge in [-0.15, -0.1) is 0 Å². The molecule has 1 atom stereocenters. The predicted molar refractivity (Wildman–Crippen MR) is 127 cm³/mol. The van der Waals surface area contributed by atoms with E-state index in [9.17, 15) is 5.11 Å². The summed E-state index contributed by atoms with van der Waals surface area (Å²) in [6.45, 7) is 6.48. The number of ether oxygens (including phenoxy) is 2. The molecule has 0 aliphatic carbocycles. The number of hydrogen-bond donors (Lipinski definition) is 2. The lowest BCUT2D eigenvalue weighted by Gasteiger charge is -2.24. The maximum Gasteiger partial charge on any atom is 0.161 e. The minimum atomic E-state index is -0.565. The number of nitrogens with zero attached hydrogens (tertiary/aromatic N) is 1. The molecule has 0 saturated heterocycles. The molecule has 31 heavy (non-hydrogen) atoms. The molecule has 0 aromatic heterocycles. The van der Waals surface area contributed by atoms with Crippen molar-refractivity contribution in [1.29, 1.82) is 0 Å². The Hall–Kier alpha value is -2.60. The standard InChI is InChI=1S/C26H34N2O3/c1-19(2)28(3)17-23(29)18-31-26-14-20(12-13-25(26)30-4)15-27-16-22-10-7-9-21-8-5-6-11-24(21)22/h5-14,19,23,27,29H,15-18H2,1-4H3. The quantitative estimate of drug-likeness (QED) is 0.485. The van der Waals surface area contributed by atoms with Crippen molar-refractivity contribution in [3.05, 3.63) is 71.8 Å². The van der Waals surface area contributed by atoms with E-state index in [1.54, 1.807) is 7.11 Å². The molecule has 0 bridgehead atoms. The van der Waals surface area contributed by atoms with E-state index in [1.165, 1.54) is 16.3 Å². The molecule has 166 valence electrons. The highest BCUT2D eigenvalue weighted by Gasteiger charge is 2.13. The Morgan fingerprint density at radius 3 is 2.52 bits per heavy atom. The Bertz CT molecular complexity index is 969. The second-order valence-electron chi connectivity index (χ2n) is 8.23. The average Bonchev–Trinajstić information content (AvgIpc) is 2.78. The monoisotopic (exact) mass is 422 g/mol. The highest BCUT2D eigenvalue weighted by atomic mass is 16.5. The van der Waals surface area contributed by atoms with Crippen LogP contribution in [0, 0.1) is 0 Å². The number of methoxy groups -OCH3 is 1. The van der Waals surface area contributed by atoms with E-state index < -0.39 is 6.10 Å². The van der Waals surface area contributed by atoms with Gasteiger partial charge in [-0.2, -0.15) is 0 Å². The fraction of sp³-hybridized carbons (Fsp3) is 0.385. The first kappa shape index (κ1) is 23.1. The number of nitrogens with one attached hydrogen (secondary N) is 1. The number of aliphatic hydroxyl groups is 1. The van der Waals surface area contributed by atoms with E-state index >= 15 is 0 Å². The van der Waals surface area contributed by atoms with Crippen molar-refractivity contribution >= 4 is 10.8 Å². The zero-order valence-corrected chi connectivity index (χ0v) is 19.0. The van der Waals surface area contributed by atoms with Crippen LogP contribution in [0.2, 0.25) is 0 Å². The molecule has 0 aliphatic rings. The molecule has 0 fully saturated rings. The van der Waals surface area contributed by atoms with E-state index in [0.29, 0.717) is 30.6 Å². The first-order chi connectivity index (χ1) is 15.0. The topological polar surface area (TPSA) is 54.0 Å². The number of hydrogen-bond acceptors (Lipinski definition) is 5. The van der Waals surface area contributed by atoms with Gasteiger partial charge in [0, 0.05) is 25.7 Å². The Kier molecular flexibility index (Phi) is 8.29. The van der Waals surface area contributed by atoms with Gasteiger partial charge in [0.1, 0.15) is 12.7 Å². The minimum Gasteiger partial charge on any atom is -0.493 e. The van der Waals surface area contributed by atoms with Gasteiger partial charge in [-0.3, -0.25) is 0 Å². The second kappa shape index (κ2) is 11.1. The molecule has 1 unspecified atom stereocenters. The van der Waals surface area contributed by atoms with Crippen LogP contribution in [0.3, 0.4) is 0 Å². The molecule has 5 nitrogen and oxygen atoms in total. The summed E-state index contributed by atoms with van der Waals surface area (Å²) in [6.07, 6.45) is -0.565. The van der Waals surface area contributed by atoms with E-state index in [4.69, 9.17) is 9.47 Å². The number of likely N-dealkylation sites (N-methyl/N-ethyl adjacent to an activating group) is 1. The van der Waals surface area contributed by atoms with Gasteiger partial charge in [0.15, 0.2) is 11.5 Å². The minimum absolute atomic E-state index is 0.223. The number of rotatable bonds is 11. The van der Waals surface area contributed by atoms with Gasteiger partial charge < -0.3 is 24.8 Å². The Morgan fingerprint density at radius 2 is 1.74 bits per heavy atom. The van der Waals surface area contributed by atoms with Gasteiger partial charge in [-0.25, -0.2) is 0 Å². The third-order valence-electron chi connectivity index (χ3n) is 5.56. The molecule has 0 amide bonds. The summed E-state index contributed by atoms with van der Waals surface area (Å²) in [5, 5.41) is 16.4. The Labute approximate surface area is 185 Å². The molecule has 0 aliphatic heterocycles. The molecule has 0 spiro atoms. The van der Waals surface area contributed by atoms with Crippen molar-refractivity contribution in [1.82, 2.24) is 10.2 Å². The smallest absolute Gasteiger partial charge is 0.161 e. The van der Waals surface area contributed by atoms with Crippen LogP contribution >= 0.6 is 0 Å². The summed E-state index contributed by atoms with van der Waals surface area (Å²) in [5.74, 6) is 1.32. The van der Waals surface area contributed by atoms with E-state index in [0.717, 1.165) is 12.1 Å². The fourth-order valence-electron chi connectivity index (χ4n) is 3.51. The zero-order valence-electron chi connectivity index (χ0n) is 19.0. The largest absolute Gasteiger partial charge is 0.493 e. The number of benzene rings is 3. The Morgan fingerprint density at radius 1 is 0.968 bits per heavy atom. The van der Waals surface area contributed by atoms with E-state index in [1.807, 2.05) is 25.2 Å². The van der Waals surface area contributed by atoms with Crippen molar-refractivity contribution in [2.75, 3.05) is 27.3 Å². The maximum atomic E-state index is 10.3. The molecule has 3 aromatic carbocycles. The highest BCUT2D eigenvalue weighted by Crippen LogP contribution is 2.28. The Balaban J connectivity index is 1.59. The molecule has 0 heterocycles. The SMILES string of the molecule is COc1ccc(CNCc2cccc3ccccc23)cc1OCC(O)CN(C)C(C)C. The normalized spacial score (nSPS) is 12.5. The van der Waals surface area contributed by atoms with Crippen LogP contribution in [0.25, 0.3) is 10.8 Å². The van der Waals surface area contributed by atoms with Crippen LogP contribution in [0.1, 0.15) is 25.0 Å². The first-order valence-electron chi connectivity index (χ1n) is 10.8. The summed E-state index contributed by atoms with van der Waals surface area (Å²) in [4.78, 5) is 2.10. The lowest BCUT2D eigenvalue weighted by molar-refractivity contribution is 0.0668. The fourth-order valence-corrected chi connectivity index (χ4v) is 3.51. The van der Waals surface area contributed by atoms with Crippen LogP contribution in [0.4, 0.5) is 0 Å². The highest BCUT2D eigenvalue weighted by molar-refractivity contribution is 5.85. The second-order valence-corrected chi connectivity index (χ2v) is 8.23. The first-order valence-corrected chi connectivity index (χ1v) is 10.8. The molecule has 3 aromatic rings. The number of fused-ring (bicyclic) bond motifs is 1. The molecular weight excluding hydrogens is 388 g/mol. The molecular formula is C26H34N2O3. The average molecular weight is 423 g/mol. The summed E-state index contributed by atoms with van der Waals surface area (Å²) in [6, 6.07) is 21.1.